The van der Waals surface area contributed by atoms with E-state index in [-0.39, 0.29) is 11.6 Å². The quantitative estimate of drug-likeness (QED) is 0.559. The number of hydrogen-bond acceptors (Lipinski definition) is 1. The standard InChI is InChI=1S/C7H4Cl2F3N/c8-2-3-1-4(10)5(7(11)12)6(9)13-3/h1,7H,2H2. The average molecular weight is 230 g/mol. The molecule has 0 saturated carbocycles. The first kappa shape index (κ1) is 10.6. The number of halogens is 5. The highest BCUT2D eigenvalue weighted by Gasteiger charge is 2.19. The highest BCUT2D eigenvalue weighted by Crippen LogP contribution is 2.28. The first-order valence-corrected chi connectivity index (χ1v) is 4.16. The number of rotatable bonds is 2. The maximum atomic E-state index is 12.9. The fraction of sp³-hybridized carbons (Fsp3) is 0.286. The SMILES string of the molecule is Fc1cc(CCl)nc(Cl)c1C(F)F. The third kappa shape index (κ3) is 2.25. The summed E-state index contributed by atoms with van der Waals surface area (Å²) in [6.07, 6.45) is -2.97. The van der Waals surface area contributed by atoms with Crippen molar-refractivity contribution in [3.05, 3.63) is 28.3 Å². The smallest absolute Gasteiger partial charge is 0.239 e. The van der Waals surface area contributed by atoms with Crippen LogP contribution in [0.3, 0.4) is 0 Å². The zero-order valence-electron chi connectivity index (χ0n) is 6.20. The van der Waals surface area contributed by atoms with E-state index in [1.165, 1.54) is 0 Å². The molecule has 0 aliphatic heterocycles. The lowest BCUT2D eigenvalue weighted by Gasteiger charge is -2.05. The third-order valence-corrected chi connectivity index (χ3v) is 1.93. The summed E-state index contributed by atoms with van der Waals surface area (Å²) in [4.78, 5) is 3.49. The van der Waals surface area contributed by atoms with E-state index in [0.29, 0.717) is 0 Å². The van der Waals surface area contributed by atoms with Gasteiger partial charge in [-0.25, -0.2) is 18.2 Å². The summed E-state index contributed by atoms with van der Waals surface area (Å²) in [6, 6.07) is 0.848. The average Bonchev–Trinajstić information content (AvgIpc) is 2.02. The van der Waals surface area contributed by atoms with E-state index in [1.54, 1.807) is 0 Å². The van der Waals surface area contributed by atoms with Crippen LogP contribution >= 0.6 is 23.2 Å². The van der Waals surface area contributed by atoms with Gasteiger partial charge in [0.2, 0.25) is 0 Å². The van der Waals surface area contributed by atoms with E-state index in [1.807, 2.05) is 0 Å². The molecule has 0 N–H and O–H groups in total. The van der Waals surface area contributed by atoms with Crippen molar-refractivity contribution >= 4 is 23.2 Å². The van der Waals surface area contributed by atoms with Crippen LogP contribution in [-0.4, -0.2) is 4.98 Å². The summed E-state index contributed by atoms with van der Waals surface area (Å²) in [5.74, 6) is -1.15. The van der Waals surface area contributed by atoms with Gasteiger partial charge in [-0.2, -0.15) is 0 Å². The summed E-state index contributed by atoms with van der Waals surface area (Å²) in [7, 11) is 0. The molecule has 0 radical (unpaired) electrons. The van der Waals surface area contributed by atoms with Gasteiger partial charge in [0.1, 0.15) is 11.0 Å². The Morgan fingerprint density at radius 2 is 2.08 bits per heavy atom. The Kier molecular flexibility index (Phi) is 3.39. The predicted octanol–water partition coefficient (Wildman–Crippen LogP) is 3.55. The van der Waals surface area contributed by atoms with Crippen LogP contribution in [0.4, 0.5) is 13.2 Å². The molecule has 1 aromatic heterocycles. The second-order valence-corrected chi connectivity index (χ2v) is 2.86. The second-order valence-electron chi connectivity index (χ2n) is 2.23. The molecule has 0 aromatic carbocycles. The van der Waals surface area contributed by atoms with Crippen molar-refractivity contribution in [2.45, 2.75) is 12.3 Å². The van der Waals surface area contributed by atoms with Crippen molar-refractivity contribution < 1.29 is 13.2 Å². The van der Waals surface area contributed by atoms with Crippen molar-refractivity contribution in [3.63, 3.8) is 0 Å². The summed E-state index contributed by atoms with van der Waals surface area (Å²) in [5, 5.41) is -0.536. The molecule has 0 aliphatic carbocycles. The van der Waals surface area contributed by atoms with E-state index in [4.69, 9.17) is 23.2 Å². The van der Waals surface area contributed by atoms with E-state index in [2.05, 4.69) is 4.98 Å². The largest absolute Gasteiger partial charge is 0.269 e. The van der Waals surface area contributed by atoms with Crippen LogP contribution in [0.25, 0.3) is 0 Å². The van der Waals surface area contributed by atoms with Crippen LogP contribution in [0.1, 0.15) is 17.7 Å². The number of hydrogen-bond donors (Lipinski definition) is 0. The first-order chi connectivity index (χ1) is 6.06. The molecule has 0 amide bonds. The topological polar surface area (TPSA) is 12.9 Å². The van der Waals surface area contributed by atoms with E-state index >= 15 is 0 Å². The molecule has 72 valence electrons. The predicted molar refractivity (Wildman–Crippen MR) is 43.7 cm³/mol. The van der Waals surface area contributed by atoms with Crippen LogP contribution < -0.4 is 0 Å². The number of nitrogens with zero attached hydrogens (tertiary/aromatic N) is 1. The normalized spacial score (nSPS) is 10.9. The van der Waals surface area contributed by atoms with E-state index < -0.39 is 23.0 Å². The van der Waals surface area contributed by atoms with Gasteiger partial charge in [-0.15, -0.1) is 11.6 Å². The Morgan fingerprint density at radius 1 is 1.46 bits per heavy atom. The minimum atomic E-state index is -2.97. The molecule has 0 unspecified atom stereocenters. The van der Waals surface area contributed by atoms with Crippen LogP contribution in [0.2, 0.25) is 5.15 Å². The van der Waals surface area contributed by atoms with Crippen LogP contribution in [0.15, 0.2) is 6.07 Å². The minimum absolute atomic E-state index is 0.0693. The Bertz CT molecular complexity index is 294. The highest BCUT2D eigenvalue weighted by atomic mass is 35.5. The molecule has 1 rings (SSSR count). The van der Waals surface area contributed by atoms with Crippen molar-refractivity contribution in [1.82, 2.24) is 4.98 Å². The zero-order valence-corrected chi connectivity index (χ0v) is 7.71. The summed E-state index contributed by atoms with van der Waals surface area (Å²) in [6.45, 7) is 0. The molecule has 13 heavy (non-hydrogen) atoms. The van der Waals surface area contributed by atoms with Gasteiger partial charge in [-0.05, 0) is 6.07 Å². The van der Waals surface area contributed by atoms with Crippen molar-refractivity contribution in [2.24, 2.45) is 0 Å². The highest BCUT2D eigenvalue weighted by molar-refractivity contribution is 6.30. The molecule has 0 atom stereocenters. The molecular formula is C7H4Cl2F3N. The molecule has 6 heteroatoms. The fourth-order valence-electron chi connectivity index (χ4n) is 0.804. The van der Waals surface area contributed by atoms with Crippen LogP contribution in [0.5, 0.6) is 0 Å². The zero-order chi connectivity index (χ0) is 10.0. The molecule has 1 nitrogen and oxygen atoms in total. The minimum Gasteiger partial charge on any atom is -0.239 e. The van der Waals surface area contributed by atoms with Crippen molar-refractivity contribution in [1.29, 1.82) is 0 Å². The van der Waals surface area contributed by atoms with Crippen molar-refractivity contribution in [2.75, 3.05) is 0 Å². The lowest BCUT2D eigenvalue weighted by Crippen LogP contribution is -1.98. The molecule has 0 fully saturated rings. The fourth-order valence-corrected chi connectivity index (χ4v) is 1.22. The number of aromatic nitrogens is 1. The Labute approximate surface area is 82.5 Å². The Morgan fingerprint density at radius 3 is 2.46 bits per heavy atom. The van der Waals surface area contributed by atoms with Gasteiger partial charge in [0, 0.05) is 0 Å². The molecular weight excluding hydrogens is 226 g/mol. The second kappa shape index (κ2) is 4.15. The Balaban J connectivity index is 3.23. The lowest BCUT2D eigenvalue weighted by atomic mass is 10.2. The Hall–Kier alpha value is -0.480. The molecule has 0 spiro atoms. The van der Waals surface area contributed by atoms with E-state index in [0.717, 1.165) is 6.07 Å². The number of alkyl halides is 3. The van der Waals surface area contributed by atoms with Crippen LogP contribution in [-0.2, 0) is 5.88 Å². The van der Waals surface area contributed by atoms with Gasteiger partial charge in [0.25, 0.3) is 6.43 Å². The summed E-state index contributed by atoms with van der Waals surface area (Å²) >= 11 is 10.6. The van der Waals surface area contributed by atoms with Crippen LogP contribution in [0, 0.1) is 5.82 Å². The third-order valence-electron chi connectivity index (χ3n) is 1.37. The van der Waals surface area contributed by atoms with Gasteiger partial charge < -0.3 is 0 Å². The van der Waals surface area contributed by atoms with Gasteiger partial charge in [0.05, 0.1) is 17.1 Å². The molecule has 0 aliphatic rings. The van der Waals surface area contributed by atoms with Gasteiger partial charge in [-0.1, -0.05) is 11.6 Å². The molecule has 0 bridgehead atoms. The summed E-state index contributed by atoms with van der Waals surface area (Å²) in [5.41, 5.74) is -0.746. The van der Waals surface area contributed by atoms with E-state index in [9.17, 15) is 13.2 Å². The van der Waals surface area contributed by atoms with Crippen molar-refractivity contribution in [3.8, 4) is 0 Å². The number of pyridine rings is 1. The lowest BCUT2D eigenvalue weighted by molar-refractivity contribution is 0.146. The maximum absolute atomic E-state index is 12.9. The van der Waals surface area contributed by atoms with Gasteiger partial charge >= 0.3 is 0 Å². The van der Waals surface area contributed by atoms with Gasteiger partial charge in [-0.3, -0.25) is 0 Å². The molecule has 1 aromatic rings. The van der Waals surface area contributed by atoms with Gasteiger partial charge in [0.15, 0.2) is 0 Å². The molecule has 1 heterocycles. The first-order valence-electron chi connectivity index (χ1n) is 3.25. The summed E-state index contributed by atoms with van der Waals surface area (Å²) < 4.78 is 37.1. The monoisotopic (exact) mass is 229 g/mol. The molecule has 0 saturated heterocycles. The maximum Gasteiger partial charge on any atom is 0.269 e.